The van der Waals surface area contributed by atoms with Gasteiger partial charge in [-0.05, 0) is 37.8 Å². The van der Waals surface area contributed by atoms with Crippen LogP contribution in [-0.2, 0) is 4.74 Å². The second kappa shape index (κ2) is 6.23. The van der Waals surface area contributed by atoms with Gasteiger partial charge in [0.2, 0.25) is 0 Å². The molecule has 0 aromatic heterocycles. The predicted octanol–water partition coefficient (Wildman–Crippen LogP) is 4.84. The first kappa shape index (κ1) is 15.3. The second-order valence-electron chi connectivity index (χ2n) is 6.15. The molecule has 1 atom stereocenters. The van der Waals surface area contributed by atoms with Gasteiger partial charge in [0.15, 0.2) is 5.75 Å². The molecular formula is C16H21Cl2NO2. The fourth-order valence-corrected chi connectivity index (χ4v) is 4.08. The van der Waals surface area contributed by atoms with E-state index in [4.69, 9.17) is 38.4 Å². The van der Waals surface area contributed by atoms with Crippen molar-refractivity contribution < 1.29 is 9.47 Å². The van der Waals surface area contributed by atoms with E-state index in [-0.39, 0.29) is 11.7 Å². The molecule has 2 N–H and O–H groups in total. The zero-order valence-electron chi connectivity index (χ0n) is 12.0. The third-order valence-electron chi connectivity index (χ3n) is 4.54. The standard InChI is InChI=1S/C16H21Cl2NO2/c17-13-8-11(19)9-14(18)15(13)20-10-12-4-7-16(21-12)5-2-1-3-6-16/h8-9,12H,1-7,10,19H2. The molecule has 1 saturated heterocycles. The van der Waals surface area contributed by atoms with Crippen LogP contribution in [0, 0.1) is 0 Å². The molecule has 5 heteroatoms. The predicted molar refractivity (Wildman–Crippen MR) is 86.3 cm³/mol. The Hall–Kier alpha value is -0.640. The number of nitrogens with two attached hydrogens (primary N) is 1. The minimum atomic E-state index is 0.112. The molecule has 2 fully saturated rings. The van der Waals surface area contributed by atoms with Gasteiger partial charge in [-0.3, -0.25) is 0 Å². The number of hydrogen-bond donors (Lipinski definition) is 1. The number of anilines is 1. The Labute approximate surface area is 135 Å². The van der Waals surface area contributed by atoms with Crippen LogP contribution in [0.1, 0.15) is 44.9 Å². The van der Waals surface area contributed by atoms with Crippen molar-refractivity contribution in [3.63, 3.8) is 0 Å². The molecule has 0 bridgehead atoms. The molecule has 1 aromatic carbocycles. The van der Waals surface area contributed by atoms with Crippen molar-refractivity contribution in [2.75, 3.05) is 12.3 Å². The number of benzene rings is 1. The van der Waals surface area contributed by atoms with Gasteiger partial charge >= 0.3 is 0 Å². The van der Waals surface area contributed by atoms with Gasteiger partial charge in [0.05, 0.1) is 21.8 Å². The molecule has 0 radical (unpaired) electrons. The van der Waals surface area contributed by atoms with Crippen LogP contribution < -0.4 is 10.5 Å². The fourth-order valence-electron chi connectivity index (χ4n) is 3.47. The molecule has 1 aromatic rings. The Morgan fingerprint density at radius 3 is 2.48 bits per heavy atom. The van der Waals surface area contributed by atoms with E-state index in [9.17, 15) is 0 Å². The first-order valence-corrected chi connectivity index (χ1v) is 8.39. The van der Waals surface area contributed by atoms with Crippen LogP contribution >= 0.6 is 23.2 Å². The molecule has 1 aliphatic heterocycles. The van der Waals surface area contributed by atoms with Gasteiger partial charge in [0.25, 0.3) is 0 Å². The minimum Gasteiger partial charge on any atom is -0.488 e. The normalized spacial score (nSPS) is 24.4. The third-order valence-corrected chi connectivity index (χ3v) is 5.10. The van der Waals surface area contributed by atoms with Crippen LogP contribution in [0.5, 0.6) is 5.75 Å². The van der Waals surface area contributed by atoms with Gasteiger partial charge in [0.1, 0.15) is 6.61 Å². The van der Waals surface area contributed by atoms with Gasteiger partial charge < -0.3 is 15.2 Å². The largest absolute Gasteiger partial charge is 0.488 e. The zero-order chi connectivity index (χ0) is 14.9. The topological polar surface area (TPSA) is 44.5 Å². The number of nitrogen functional groups attached to an aromatic ring is 1. The highest BCUT2D eigenvalue weighted by Gasteiger charge is 2.41. The summed E-state index contributed by atoms with van der Waals surface area (Å²) < 4.78 is 12.1. The van der Waals surface area contributed by atoms with E-state index in [1.165, 1.54) is 32.1 Å². The molecule has 0 amide bonds. The number of halogens is 2. The van der Waals surface area contributed by atoms with Gasteiger partial charge in [-0.15, -0.1) is 0 Å². The van der Waals surface area contributed by atoms with Gasteiger partial charge in [-0.25, -0.2) is 0 Å². The van der Waals surface area contributed by atoms with Crippen molar-refractivity contribution in [3.8, 4) is 5.75 Å². The van der Waals surface area contributed by atoms with Crippen LogP contribution in [0.2, 0.25) is 10.0 Å². The SMILES string of the molecule is Nc1cc(Cl)c(OCC2CCC3(CCCCC3)O2)c(Cl)c1. The van der Waals surface area contributed by atoms with Crippen LogP contribution in [0.15, 0.2) is 12.1 Å². The van der Waals surface area contributed by atoms with E-state index < -0.39 is 0 Å². The van der Waals surface area contributed by atoms with E-state index in [1.54, 1.807) is 12.1 Å². The maximum Gasteiger partial charge on any atom is 0.156 e. The lowest BCUT2D eigenvalue weighted by Crippen LogP contribution is -2.32. The van der Waals surface area contributed by atoms with E-state index >= 15 is 0 Å². The van der Waals surface area contributed by atoms with Crippen LogP contribution in [0.25, 0.3) is 0 Å². The summed E-state index contributed by atoms with van der Waals surface area (Å²) in [6.45, 7) is 0.491. The van der Waals surface area contributed by atoms with Crippen molar-refractivity contribution in [3.05, 3.63) is 22.2 Å². The summed E-state index contributed by atoms with van der Waals surface area (Å²) in [7, 11) is 0. The lowest BCUT2D eigenvalue weighted by molar-refractivity contribution is -0.0748. The lowest BCUT2D eigenvalue weighted by Gasteiger charge is -2.33. The number of hydrogen-bond acceptors (Lipinski definition) is 3. The summed E-state index contributed by atoms with van der Waals surface area (Å²) in [6, 6.07) is 3.31. The van der Waals surface area contributed by atoms with E-state index in [0.29, 0.717) is 28.1 Å². The van der Waals surface area contributed by atoms with Crippen molar-refractivity contribution >= 4 is 28.9 Å². The fraction of sp³-hybridized carbons (Fsp3) is 0.625. The molecule has 116 valence electrons. The second-order valence-corrected chi connectivity index (χ2v) is 6.96. The molecular weight excluding hydrogens is 309 g/mol. The lowest BCUT2D eigenvalue weighted by atomic mass is 9.83. The van der Waals surface area contributed by atoms with Crippen molar-refractivity contribution in [2.45, 2.75) is 56.7 Å². The Morgan fingerprint density at radius 2 is 1.81 bits per heavy atom. The Morgan fingerprint density at radius 1 is 1.14 bits per heavy atom. The molecule has 3 rings (SSSR count). The van der Waals surface area contributed by atoms with E-state index in [0.717, 1.165) is 12.8 Å². The third kappa shape index (κ3) is 3.41. The summed E-state index contributed by atoms with van der Waals surface area (Å²) in [5.41, 5.74) is 6.34. The summed E-state index contributed by atoms with van der Waals surface area (Å²) in [4.78, 5) is 0. The van der Waals surface area contributed by atoms with Gasteiger partial charge in [-0.1, -0.05) is 42.5 Å². The highest BCUT2D eigenvalue weighted by Crippen LogP contribution is 2.42. The summed E-state index contributed by atoms with van der Waals surface area (Å²) in [5.74, 6) is 0.501. The average molecular weight is 330 g/mol. The molecule has 21 heavy (non-hydrogen) atoms. The first-order chi connectivity index (χ1) is 10.1. The maximum atomic E-state index is 6.28. The molecule has 1 unspecified atom stereocenters. The number of ether oxygens (including phenoxy) is 2. The van der Waals surface area contributed by atoms with Crippen LogP contribution in [0.3, 0.4) is 0 Å². The highest BCUT2D eigenvalue weighted by molar-refractivity contribution is 6.37. The maximum absolute atomic E-state index is 6.28. The molecule has 3 nitrogen and oxygen atoms in total. The Bertz CT molecular complexity index is 492. The summed E-state index contributed by atoms with van der Waals surface area (Å²) in [6.07, 6.45) is 8.59. The van der Waals surface area contributed by atoms with Crippen LogP contribution in [0.4, 0.5) is 5.69 Å². The average Bonchev–Trinajstić information content (AvgIpc) is 2.81. The zero-order valence-corrected chi connectivity index (χ0v) is 13.6. The van der Waals surface area contributed by atoms with Gasteiger partial charge in [-0.2, -0.15) is 0 Å². The quantitative estimate of drug-likeness (QED) is 0.807. The Balaban J connectivity index is 1.59. The van der Waals surface area contributed by atoms with E-state index in [2.05, 4.69) is 0 Å². The minimum absolute atomic E-state index is 0.112. The first-order valence-electron chi connectivity index (χ1n) is 7.63. The van der Waals surface area contributed by atoms with Gasteiger partial charge in [0, 0.05) is 5.69 Å². The van der Waals surface area contributed by atoms with Crippen LogP contribution in [-0.4, -0.2) is 18.3 Å². The monoisotopic (exact) mass is 329 g/mol. The summed E-state index contributed by atoms with van der Waals surface area (Å²) in [5, 5.41) is 0.899. The molecule has 1 heterocycles. The van der Waals surface area contributed by atoms with E-state index in [1.807, 2.05) is 0 Å². The van der Waals surface area contributed by atoms with Crippen molar-refractivity contribution in [1.29, 1.82) is 0 Å². The summed E-state index contributed by atoms with van der Waals surface area (Å²) >= 11 is 12.3. The smallest absolute Gasteiger partial charge is 0.156 e. The molecule has 1 saturated carbocycles. The molecule has 1 spiro atoms. The highest BCUT2D eigenvalue weighted by atomic mass is 35.5. The number of rotatable bonds is 3. The molecule has 1 aliphatic carbocycles. The Kier molecular flexibility index (Phi) is 4.53. The molecule has 2 aliphatic rings. The van der Waals surface area contributed by atoms with Crippen molar-refractivity contribution in [1.82, 2.24) is 0 Å². The van der Waals surface area contributed by atoms with Crippen molar-refractivity contribution in [2.24, 2.45) is 0 Å².